The van der Waals surface area contributed by atoms with Crippen LogP contribution in [0.15, 0.2) is 0 Å². The molecule has 4 rings (SSSR count). The van der Waals surface area contributed by atoms with Crippen LogP contribution in [0, 0.1) is 17.3 Å². The van der Waals surface area contributed by atoms with Gasteiger partial charge in [-0.15, -0.1) is 23.2 Å². The van der Waals surface area contributed by atoms with E-state index in [-0.39, 0.29) is 10.8 Å². The van der Waals surface area contributed by atoms with Crippen molar-refractivity contribution in [2.75, 3.05) is 12.4 Å². The van der Waals surface area contributed by atoms with E-state index >= 15 is 0 Å². The van der Waals surface area contributed by atoms with Crippen LogP contribution in [0.4, 0.5) is 0 Å². The Labute approximate surface area is 132 Å². The van der Waals surface area contributed by atoms with Gasteiger partial charge in [0.1, 0.15) is 0 Å². The van der Waals surface area contributed by atoms with Crippen LogP contribution in [0.3, 0.4) is 0 Å². The highest BCUT2D eigenvalue weighted by Gasteiger charge is 2.56. The Kier molecular flexibility index (Phi) is 4.25. The topological polar surface area (TPSA) is 29.1 Å². The first-order valence-corrected chi connectivity index (χ1v) is 8.95. The van der Waals surface area contributed by atoms with Crippen molar-refractivity contribution in [1.82, 2.24) is 5.32 Å². The molecule has 0 aromatic rings. The highest BCUT2D eigenvalue weighted by molar-refractivity contribution is 6.24. The molecule has 4 saturated carbocycles. The highest BCUT2D eigenvalue weighted by atomic mass is 35.5. The molecule has 0 saturated heterocycles. The summed E-state index contributed by atoms with van der Waals surface area (Å²) >= 11 is 12.5. The van der Waals surface area contributed by atoms with E-state index in [2.05, 4.69) is 5.32 Å². The lowest BCUT2D eigenvalue weighted by Crippen LogP contribution is -2.56. The summed E-state index contributed by atoms with van der Waals surface area (Å²) in [6.07, 6.45) is 9.88. The number of nitrogens with one attached hydrogen (secondary N) is 1. The lowest BCUT2D eigenvalue weighted by Gasteiger charge is -2.60. The lowest BCUT2D eigenvalue weighted by molar-refractivity contribution is -0.123. The van der Waals surface area contributed by atoms with Crippen LogP contribution in [0.2, 0.25) is 0 Å². The zero-order valence-electron chi connectivity index (χ0n) is 12.1. The molecule has 1 N–H and O–H groups in total. The van der Waals surface area contributed by atoms with E-state index in [1.165, 1.54) is 32.1 Å². The maximum atomic E-state index is 11.9. The quantitative estimate of drug-likeness (QED) is 0.580. The zero-order chi connectivity index (χ0) is 14.2. The minimum Gasteiger partial charge on any atom is -0.356 e. The number of halogens is 2. The molecule has 0 radical (unpaired) electrons. The number of unbranched alkanes of at least 4 members (excludes halogenated alkanes) is 1. The Balaban J connectivity index is 1.53. The van der Waals surface area contributed by atoms with E-state index in [0.29, 0.717) is 17.7 Å². The third kappa shape index (κ3) is 3.11. The van der Waals surface area contributed by atoms with Gasteiger partial charge in [-0.1, -0.05) is 0 Å². The van der Waals surface area contributed by atoms with Gasteiger partial charge in [0.05, 0.1) is 0 Å². The summed E-state index contributed by atoms with van der Waals surface area (Å²) in [6, 6.07) is 0. The molecule has 4 aliphatic carbocycles. The van der Waals surface area contributed by atoms with Crippen LogP contribution in [0.1, 0.15) is 57.8 Å². The van der Waals surface area contributed by atoms with E-state index in [1.54, 1.807) is 0 Å². The second-order valence-electron chi connectivity index (χ2n) is 7.53. The summed E-state index contributed by atoms with van der Waals surface area (Å²) < 4.78 is 0. The molecule has 20 heavy (non-hydrogen) atoms. The molecule has 0 spiro atoms. The Bertz CT molecular complexity index is 371. The van der Waals surface area contributed by atoms with Crippen LogP contribution in [0.25, 0.3) is 0 Å². The molecule has 114 valence electrons. The summed E-state index contributed by atoms with van der Waals surface area (Å²) in [4.78, 5) is 12.0. The van der Waals surface area contributed by atoms with Gasteiger partial charge >= 0.3 is 0 Å². The minimum absolute atomic E-state index is 0.0490. The summed E-state index contributed by atoms with van der Waals surface area (Å²) in [5, 5.41) is 3.18. The largest absolute Gasteiger partial charge is 0.356 e. The lowest BCUT2D eigenvalue weighted by atomic mass is 9.49. The average molecular weight is 318 g/mol. The van der Waals surface area contributed by atoms with Crippen molar-refractivity contribution >= 4 is 29.1 Å². The maximum Gasteiger partial charge on any atom is 0.220 e. The number of carbonyl (C=O) groups is 1. The minimum atomic E-state index is 0.0490. The first-order valence-electron chi connectivity index (χ1n) is 8.04. The number of rotatable bonds is 6. The average Bonchev–Trinajstić information content (AvgIpc) is 2.34. The maximum absolute atomic E-state index is 11.9. The van der Waals surface area contributed by atoms with Crippen molar-refractivity contribution in [1.29, 1.82) is 0 Å². The molecule has 0 aromatic heterocycles. The first-order chi connectivity index (χ1) is 9.53. The normalized spacial score (nSPS) is 41.9. The van der Waals surface area contributed by atoms with Crippen LogP contribution in [0.5, 0.6) is 0 Å². The number of carbonyl (C=O) groups excluding carboxylic acids is 1. The fourth-order valence-corrected chi connectivity index (χ4v) is 6.21. The second-order valence-corrected chi connectivity index (χ2v) is 8.71. The Morgan fingerprint density at radius 3 is 2.45 bits per heavy atom. The molecular weight excluding hydrogens is 293 g/mol. The van der Waals surface area contributed by atoms with Gasteiger partial charge in [0.25, 0.3) is 0 Å². The van der Waals surface area contributed by atoms with E-state index in [4.69, 9.17) is 23.2 Å². The molecule has 2 unspecified atom stereocenters. The fraction of sp³-hybridized carbons (Fsp3) is 0.938. The van der Waals surface area contributed by atoms with Gasteiger partial charge in [-0.2, -0.15) is 0 Å². The van der Waals surface area contributed by atoms with Crippen molar-refractivity contribution in [3.8, 4) is 0 Å². The van der Waals surface area contributed by atoms with Gasteiger partial charge in [-0.25, -0.2) is 0 Å². The summed E-state index contributed by atoms with van der Waals surface area (Å²) in [5.41, 5.74) is 0.300. The third-order valence-corrected chi connectivity index (χ3v) is 6.27. The van der Waals surface area contributed by atoms with Gasteiger partial charge in [-0.3, -0.25) is 4.79 Å². The van der Waals surface area contributed by atoms with Crippen LogP contribution < -0.4 is 5.32 Å². The SMILES string of the molecule is O=C(CCCCCl)NCC12CC3CC(CC(Cl)(C3)C1)C2. The Morgan fingerprint density at radius 1 is 1.15 bits per heavy atom. The molecule has 0 heterocycles. The number of hydrogen-bond donors (Lipinski definition) is 1. The Hall–Kier alpha value is 0.0500. The van der Waals surface area contributed by atoms with Crippen molar-refractivity contribution < 1.29 is 4.79 Å². The van der Waals surface area contributed by atoms with E-state index in [0.717, 1.165) is 37.6 Å². The van der Waals surface area contributed by atoms with Crippen LogP contribution in [-0.4, -0.2) is 23.2 Å². The smallest absolute Gasteiger partial charge is 0.220 e. The Morgan fingerprint density at radius 2 is 1.85 bits per heavy atom. The van der Waals surface area contributed by atoms with Crippen LogP contribution in [-0.2, 0) is 4.79 Å². The summed E-state index contributed by atoms with van der Waals surface area (Å²) in [6.45, 7) is 0.841. The molecule has 4 heteroatoms. The molecule has 0 aliphatic heterocycles. The number of hydrogen-bond acceptors (Lipinski definition) is 1. The van der Waals surface area contributed by atoms with E-state index in [9.17, 15) is 4.79 Å². The predicted octanol–water partition coefficient (Wildman–Crippen LogP) is 4.09. The monoisotopic (exact) mass is 317 g/mol. The van der Waals surface area contributed by atoms with E-state index in [1.807, 2.05) is 0 Å². The van der Waals surface area contributed by atoms with Crippen molar-refractivity contribution in [2.24, 2.45) is 17.3 Å². The van der Waals surface area contributed by atoms with Gasteiger partial charge < -0.3 is 5.32 Å². The summed E-state index contributed by atoms with van der Waals surface area (Å²) in [5.74, 6) is 2.45. The second kappa shape index (κ2) is 5.68. The number of amides is 1. The molecule has 2 nitrogen and oxygen atoms in total. The molecule has 2 atom stereocenters. The molecule has 1 amide bonds. The van der Waals surface area contributed by atoms with Crippen LogP contribution >= 0.6 is 23.2 Å². The van der Waals surface area contributed by atoms with Crippen molar-refractivity contribution in [3.63, 3.8) is 0 Å². The third-order valence-electron chi connectivity index (χ3n) is 5.56. The highest BCUT2D eigenvalue weighted by Crippen LogP contribution is 2.63. The summed E-state index contributed by atoms with van der Waals surface area (Å²) in [7, 11) is 0. The van der Waals surface area contributed by atoms with Crippen molar-refractivity contribution in [3.05, 3.63) is 0 Å². The van der Waals surface area contributed by atoms with Gasteiger partial charge in [0.2, 0.25) is 5.91 Å². The molecule has 4 bridgehead atoms. The fourth-order valence-electron chi connectivity index (χ4n) is 5.30. The molecule has 4 fully saturated rings. The van der Waals surface area contributed by atoms with E-state index < -0.39 is 0 Å². The zero-order valence-corrected chi connectivity index (χ0v) is 13.6. The predicted molar refractivity (Wildman–Crippen MR) is 83.3 cm³/mol. The first kappa shape index (κ1) is 15.0. The molecule has 4 aliphatic rings. The standard InChI is InChI=1S/C16H25Cl2NO/c17-4-2-1-3-14(20)19-11-15-6-12-5-13(7-15)9-16(18,8-12)10-15/h12-13H,1-11H2,(H,19,20). The molecule has 0 aromatic carbocycles. The van der Waals surface area contributed by atoms with Crippen molar-refractivity contribution in [2.45, 2.75) is 62.7 Å². The molecular formula is C16H25Cl2NO. The van der Waals surface area contributed by atoms with Gasteiger partial charge in [-0.05, 0) is 68.6 Å². The number of alkyl halides is 2. The van der Waals surface area contributed by atoms with Gasteiger partial charge in [0, 0.05) is 23.7 Å². The van der Waals surface area contributed by atoms with Gasteiger partial charge in [0.15, 0.2) is 0 Å².